The molecule has 0 radical (unpaired) electrons. The maximum absolute atomic E-state index is 3.54. The van der Waals surface area contributed by atoms with Crippen molar-refractivity contribution in [2.75, 3.05) is 11.9 Å². The minimum absolute atomic E-state index is 0.797. The summed E-state index contributed by atoms with van der Waals surface area (Å²) >= 11 is 0. The summed E-state index contributed by atoms with van der Waals surface area (Å²) in [4.78, 5) is 0. The molecule has 1 atom stereocenters. The van der Waals surface area contributed by atoms with Crippen LogP contribution in [0.5, 0.6) is 0 Å². The van der Waals surface area contributed by atoms with Crippen LogP contribution in [-0.2, 0) is 25.7 Å². The van der Waals surface area contributed by atoms with Crippen molar-refractivity contribution in [2.45, 2.75) is 85.0 Å². The molecule has 0 saturated carbocycles. The SMILES string of the molecule is CCCc1ccc2c(c1)CCCC(c1ccc3c(c1)CCN3)=C2c1ccc(CC(CC)CCC)cc1. The topological polar surface area (TPSA) is 12.0 Å². The molecule has 0 saturated heterocycles. The summed E-state index contributed by atoms with van der Waals surface area (Å²) in [5.74, 6) is 0.797. The zero-order chi connectivity index (χ0) is 24.9. The third-order valence-corrected chi connectivity index (χ3v) is 8.36. The van der Waals surface area contributed by atoms with Gasteiger partial charge in [0.2, 0.25) is 0 Å². The molecule has 0 bridgehead atoms. The second-order valence-corrected chi connectivity index (χ2v) is 11.0. The molecule has 36 heavy (non-hydrogen) atoms. The first kappa shape index (κ1) is 24.9. The van der Waals surface area contributed by atoms with Crippen LogP contribution < -0.4 is 5.32 Å². The fourth-order valence-electron chi connectivity index (χ4n) is 6.40. The molecule has 1 aliphatic carbocycles. The summed E-state index contributed by atoms with van der Waals surface area (Å²) in [7, 11) is 0. The van der Waals surface area contributed by atoms with Crippen LogP contribution in [0.15, 0.2) is 60.7 Å². The molecule has 1 aliphatic heterocycles. The van der Waals surface area contributed by atoms with Crippen molar-refractivity contribution in [3.8, 4) is 0 Å². The number of anilines is 1. The van der Waals surface area contributed by atoms with Gasteiger partial charge in [-0.3, -0.25) is 0 Å². The lowest BCUT2D eigenvalue weighted by atomic mass is 9.85. The van der Waals surface area contributed by atoms with Gasteiger partial charge in [-0.1, -0.05) is 95.0 Å². The molecule has 2 aliphatic rings. The van der Waals surface area contributed by atoms with E-state index >= 15 is 0 Å². The van der Waals surface area contributed by atoms with Gasteiger partial charge in [0.05, 0.1) is 0 Å². The van der Waals surface area contributed by atoms with Gasteiger partial charge in [0.1, 0.15) is 0 Å². The Morgan fingerprint density at radius 1 is 0.750 bits per heavy atom. The number of rotatable bonds is 9. The third-order valence-electron chi connectivity index (χ3n) is 8.36. The highest BCUT2D eigenvalue weighted by molar-refractivity contribution is 6.00. The molecular formula is C35H43N. The minimum Gasteiger partial charge on any atom is -0.384 e. The van der Waals surface area contributed by atoms with E-state index in [2.05, 4.69) is 86.8 Å². The maximum Gasteiger partial charge on any atom is 0.0373 e. The fourth-order valence-corrected chi connectivity index (χ4v) is 6.40. The monoisotopic (exact) mass is 477 g/mol. The lowest BCUT2D eigenvalue weighted by molar-refractivity contribution is 0.462. The quantitative estimate of drug-likeness (QED) is 0.324. The Bertz CT molecular complexity index is 1210. The van der Waals surface area contributed by atoms with E-state index in [1.54, 1.807) is 0 Å². The molecule has 1 nitrogen and oxygen atoms in total. The largest absolute Gasteiger partial charge is 0.384 e. The van der Waals surface area contributed by atoms with Gasteiger partial charge in [0, 0.05) is 12.2 Å². The van der Waals surface area contributed by atoms with Crippen molar-refractivity contribution in [1.29, 1.82) is 0 Å². The van der Waals surface area contributed by atoms with Crippen LogP contribution in [0.1, 0.15) is 98.2 Å². The van der Waals surface area contributed by atoms with Crippen molar-refractivity contribution in [3.63, 3.8) is 0 Å². The van der Waals surface area contributed by atoms with Crippen LogP contribution in [-0.4, -0.2) is 6.54 Å². The maximum atomic E-state index is 3.54. The Hall–Kier alpha value is -2.80. The van der Waals surface area contributed by atoms with Crippen LogP contribution in [0, 0.1) is 5.92 Å². The first-order chi connectivity index (χ1) is 17.7. The number of nitrogens with one attached hydrogen (secondary N) is 1. The average Bonchev–Trinajstić information content (AvgIpc) is 3.29. The molecule has 1 unspecified atom stereocenters. The number of benzene rings is 3. The number of allylic oxidation sites excluding steroid dienone is 1. The predicted octanol–water partition coefficient (Wildman–Crippen LogP) is 9.27. The zero-order valence-corrected chi connectivity index (χ0v) is 22.6. The Kier molecular flexibility index (Phi) is 7.95. The zero-order valence-electron chi connectivity index (χ0n) is 22.6. The minimum atomic E-state index is 0.797. The molecule has 0 fully saturated rings. The van der Waals surface area contributed by atoms with E-state index in [1.165, 1.54) is 107 Å². The normalized spacial score (nSPS) is 15.8. The van der Waals surface area contributed by atoms with E-state index < -0.39 is 0 Å². The van der Waals surface area contributed by atoms with E-state index in [9.17, 15) is 0 Å². The van der Waals surface area contributed by atoms with Crippen molar-refractivity contribution in [1.82, 2.24) is 0 Å². The molecule has 188 valence electrons. The predicted molar refractivity (Wildman–Crippen MR) is 157 cm³/mol. The number of hydrogen-bond acceptors (Lipinski definition) is 1. The molecule has 0 amide bonds. The van der Waals surface area contributed by atoms with Gasteiger partial charge in [-0.2, -0.15) is 0 Å². The molecule has 0 aromatic heterocycles. The second kappa shape index (κ2) is 11.5. The molecular weight excluding hydrogens is 434 g/mol. The average molecular weight is 478 g/mol. The van der Waals surface area contributed by atoms with Gasteiger partial charge in [0.15, 0.2) is 0 Å². The molecule has 0 spiro atoms. The van der Waals surface area contributed by atoms with Crippen LogP contribution in [0.3, 0.4) is 0 Å². The summed E-state index contributed by atoms with van der Waals surface area (Å²) < 4.78 is 0. The van der Waals surface area contributed by atoms with Gasteiger partial charge in [-0.15, -0.1) is 0 Å². The summed E-state index contributed by atoms with van der Waals surface area (Å²) in [5, 5.41) is 3.54. The third kappa shape index (κ3) is 5.31. The summed E-state index contributed by atoms with van der Waals surface area (Å²) in [6.45, 7) is 7.99. The summed E-state index contributed by atoms with van der Waals surface area (Å²) in [6.07, 6.45) is 12.1. The van der Waals surface area contributed by atoms with Crippen molar-refractivity contribution < 1.29 is 0 Å². The van der Waals surface area contributed by atoms with Crippen LogP contribution in [0.4, 0.5) is 5.69 Å². The van der Waals surface area contributed by atoms with Gasteiger partial charge in [-0.05, 0) is 107 Å². The Labute approximate surface area is 219 Å². The molecule has 1 heteroatoms. The first-order valence-corrected chi connectivity index (χ1v) is 14.5. The van der Waals surface area contributed by atoms with Crippen LogP contribution in [0.2, 0.25) is 0 Å². The Morgan fingerprint density at radius 3 is 2.33 bits per heavy atom. The lowest BCUT2D eigenvalue weighted by Crippen LogP contribution is -2.03. The van der Waals surface area contributed by atoms with E-state index in [0.29, 0.717) is 0 Å². The molecule has 1 N–H and O–H groups in total. The summed E-state index contributed by atoms with van der Waals surface area (Å²) in [6, 6.07) is 24.1. The Morgan fingerprint density at radius 2 is 1.56 bits per heavy atom. The van der Waals surface area contributed by atoms with Crippen LogP contribution in [0.25, 0.3) is 11.1 Å². The smallest absolute Gasteiger partial charge is 0.0373 e. The lowest BCUT2D eigenvalue weighted by Gasteiger charge is -2.19. The highest BCUT2D eigenvalue weighted by Crippen LogP contribution is 2.41. The van der Waals surface area contributed by atoms with E-state index in [4.69, 9.17) is 0 Å². The fraction of sp³-hybridized carbons (Fsp3) is 0.429. The van der Waals surface area contributed by atoms with Gasteiger partial charge in [-0.25, -0.2) is 0 Å². The second-order valence-electron chi connectivity index (χ2n) is 11.0. The van der Waals surface area contributed by atoms with Gasteiger partial charge >= 0.3 is 0 Å². The first-order valence-electron chi connectivity index (χ1n) is 14.5. The van der Waals surface area contributed by atoms with Gasteiger partial charge in [0.25, 0.3) is 0 Å². The van der Waals surface area contributed by atoms with Gasteiger partial charge < -0.3 is 5.32 Å². The standard InChI is InChI=1S/C35H43N/c1-4-8-25(6-3)22-27-12-15-28(16-13-27)35-32(30-17-19-34-31(24-30)20-21-36-34)11-7-10-29-23-26(9-5-2)14-18-33(29)35/h12-19,23-25,36H,4-11,20-22H2,1-3H3. The van der Waals surface area contributed by atoms with E-state index in [1.807, 2.05) is 0 Å². The van der Waals surface area contributed by atoms with Crippen molar-refractivity contribution >= 4 is 16.8 Å². The van der Waals surface area contributed by atoms with Crippen LogP contribution >= 0.6 is 0 Å². The van der Waals surface area contributed by atoms with Crippen molar-refractivity contribution in [2.24, 2.45) is 5.92 Å². The molecule has 3 aromatic carbocycles. The number of aryl methyl sites for hydroxylation is 2. The van der Waals surface area contributed by atoms with E-state index in [0.717, 1.165) is 25.3 Å². The number of hydrogen-bond donors (Lipinski definition) is 1. The molecule has 5 rings (SSSR count). The molecule has 1 heterocycles. The summed E-state index contributed by atoms with van der Waals surface area (Å²) in [5.41, 5.74) is 14.5. The van der Waals surface area contributed by atoms with E-state index in [-0.39, 0.29) is 0 Å². The van der Waals surface area contributed by atoms with Crippen molar-refractivity contribution in [3.05, 3.63) is 99.6 Å². The Balaban J connectivity index is 1.60. The highest BCUT2D eigenvalue weighted by atomic mass is 14.9. The molecule has 3 aromatic rings. The highest BCUT2D eigenvalue weighted by Gasteiger charge is 2.22. The number of fused-ring (bicyclic) bond motifs is 2.